The number of hydrogen-bond donors (Lipinski definition) is 0. The zero-order valence-electron chi connectivity index (χ0n) is 15.2. The molecule has 1 aromatic carbocycles. The highest BCUT2D eigenvalue weighted by Crippen LogP contribution is 2.37. The van der Waals surface area contributed by atoms with E-state index in [1.54, 1.807) is 25.6 Å². The normalized spacial score (nSPS) is 17.2. The number of rotatable bonds is 5. The number of amides is 2. The quantitative estimate of drug-likeness (QED) is 0.764. The molecule has 0 saturated carbocycles. The standard InChI is InChI=1S/C21H21N3O3/c1-27-17-9-3-2-8-16(17)18-19(23-11-4-5-12-23)21(26)24(20(18)25)14-15-7-6-10-22-13-15/h2-3,6-10,13H,4-5,11-12,14H2,1H3. The van der Waals surface area contributed by atoms with E-state index in [0.717, 1.165) is 31.5 Å². The van der Waals surface area contributed by atoms with Gasteiger partial charge in [0.2, 0.25) is 0 Å². The Morgan fingerprint density at radius 1 is 1.04 bits per heavy atom. The van der Waals surface area contributed by atoms with E-state index in [1.807, 2.05) is 35.2 Å². The molecule has 2 aromatic rings. The highest BCUT2D eigenvalue weighted by atomic mass is 16.5. The number of carbonyl (C=O) groups excluding carboxylic acids is 2. The van der Waals surface area contributed by atoms with Crippen LogP contribution in [0.25, 0.3) is 5.57 Å². The van der Waals surface area contributed by atoms with E-state index in [2.05, 4.69) is 4.98 Å². The number of likely N-dealkylation sites (tertiary alicyclic amines) is 1. The monoisotopic (exact) mass is 363 g/mol. The number of hydrogen-bond acceptors (Lipinski definition) is 5. The van der Waals surface area contributed by atoms with Crippen molar-refractivity contribution in [3.05, 3.63) is 65.6 Å². The smallest absolute Gasteiger partial charge is 0.278 e. The maximum atomic E-state index is 13.3. The number of carbonyl (C=O) groups is 2. The number of pyridine rings is 1. The van der Waals surface area contributed by atoms with Crippen molar-refractivity contribution < 1.29 is 14.3 Å². The molecule has 3 heterocycles. The zero-order valence-corrected chi connectivity index (χ0v) is 15.2. The number of methoxy groups -OCH3 is 1. The molecular formula is C21H21N3O3. The summed E-state index contributed by atoms with van der Waals surface area (Å²) in [7, 11) is 1.57. The third-order valence-electron chi connectivity index (χ3n) is 5.01. The van der Waals surface area contributed by atoms with Gasteiger partial charge < -0.3 is 9.64 Å². The summed E-state index contributed by atoms with van der Waals surface area (Å²) in [5.41, 5.74) is 2.41. The summed E-state index contributed by atoms with van der Waals surface area (Å²) < 4.78 is 5.46. The molecule has 0 aliphatic carbocycles. The fourth-order valence-electron chi connectivity index (χ4n) is 3.71. The van der Waals surface area contributed by atoms with Gasteiger partial charge in [0, 0.05) is 31.0 Å². The third-order valence-corrected chi connectivity index (χ3v) is 5.01. The van der Waals surface area contributed by atoms with Crippen LogP contribution in [0.1, 0.15) is 24.0 Å². The van der Waals surface area contributed by atoms with Crippen molar-refractivity contribution in [2.75, 3.05) is 20.2 Å². The van der Waals surface area contributed by atoms with E-state index in [0.29, 0.717) is 22.6 Å². The minimum atomic E-state index is -0.282. The topological polar surface area (TPSA) is 62.7 Å². The summed E-state index contributed by atoms with van der Waals surface area (Å²) in [6.45, 7) is 1.78. The number of aromatic nitrogens is 1. The Kier molecular flexibility index (Phi) is 4.62. The van der Waals surface area contributed by atoms with Gasteiger partial charge in [0.25, 0.3) is 11.8 Å². The number of nitrogens with zero attached hydrogens (tertiary/aromatic N) is 3. The Balaban J connectivity index is 1.78. The number of imide groups is 1. The predicted octanol–water partition coefficient (Wildman–Crippen LogP) is 2.47. The molecule has 1 saturated heterocycles. The molecule has 0 N–H and O–H groups in total. The number of ether oxygens (including phenoxy) is 1. The molecular weight excluding hydrogens is 342 g/mol. The first-order valence-corrected chi connectivity index (χ1v) is 9.08. The second kappa shape index (κ2) is 7.23. The molecule has 1 aromatic heterocycles. The number of benzene rings is 1. The Morgan fingerprint density at radius 3 is 2.52 bits per heavy atom. The van der Waals surface area contributed by atoms with Crippen molar-refractivity contribution >= 4 is 17.4 Å². The first-order chi connectivity index (χ1) is 13.2. The molecule has 6 nitrogen and oxygen atoms in total. The van der Waals surface area contributed by atoms with Crippen molar-refractivity contribution in [1.82, 2.24) is 14.8 Å². The summed E-state index contributed by atoms with van der Waals surface area (Å²) in [5, 5.41) is 0. The summed E-state index contributed by atoms with van der Waals surface area (Å²) in [4.78, 5) is 34.0. The lowest BCUT2D eigenvalue weighted by molar-refractivity contribution is -0.138. The Morgan fingerprint density at radius 2 is 1.81 bits per heavy atom. The van der Waals surface area contributed by atoms with Crippen molar-refractivity contribution in [2.45, 2.75) is 19.4 Å². The molecule has 0 atom stereocenters. The van der Waals surface area contributed by atoms with Crippen molar-refractivity contribution in [2.24, 2.45) is 0 Å². The van der Waals surface area contributed by atoms with Gasteiger partial charge in [-0.15, -0.1) is 0 Å². The van der Waals surface area contributed by atoms with Gasteiger partial charge in [0.1, 0.15) is 11.4 Å². The van der Waals surface area contributed by atoms with Crippen LogP contribution in [-0.4, -0.2) is 46.8 Å². The molecule has 0 unspecified atom stereocenters. The largest absolute Gasteiger partial charge is 0.496 e. The van der Waals surface area contributed by atoms with Crippen molar-refractivity contribution in [1.29, 1.82) is 0 Å². The van der Waals surface area contributed by atoms with E-state index in [-0.39, 0.29) is 18.4 Å². The Hall–Kier alpha value is -3.15. The van der Waals surface area contributed by atoms with E-state index in [9.17, 15) is 9.59 Å². The minimum absolute atomic E-state index is 0.210. The summed E-state index contributed by atoms with van der Waals surface area (Å²) >= 11 is 0. The molecule has 4 rings (SSSR count). The van der Waals surface area contributed by atoms with Gasteiger partial charge in [0.15, 0.2) is 0 Å². The van der Waals surface area contributed by atoms with Crippen LogP contribution in [0.2, 0.25) is 0 Å². The van der Waals surface area contributed by atoms with E-state index < -0.39 is 0 Å². The van der Waals surface area contributed by atoms with Crippen LogP contribution in [0.4, 0.5) is 0 Å². The van der Waals surface area contributed by atoms with Gasteiger partial charge >= 0.3 is 0 Å². The maximum Gasteiger partial charge on any atom is 0.278 e. The Bertz CT molecular complexity index is 902. The average molecular weight is 363 g/mol. The van der Waals surface area contributed by atoms with Crippen LogP contribution in [-0.2, 0) is 16.1 Å². The van der Waals surface area contributed by atoms with Gasteiger partial charge in [-0.2, -0.15) is 0 Å². The lowest BCUT2D eigenvalue weighted by atomic mass is 10.0. The number of para-hydroxylation sites is 1. The molecule has 2 amide bonds. The first kappa shape index (κ1) is 17.3. The highest BCUT2D eigenvalue weighted by molar-refractivity contribution is 6.35. The van der Waals surface area contributed by atoms with Crippen molar-refractivity contribution in [3.63, 3.8) is 0 Å². The van der Waals surface area contributed by atoms with Gasteiger partial charge in [-0.1, -0.05) is 24.3 Å². The first-order valence-electron chi connectivity index (χ1n) is 9.08. The molecule has 0 bridgehead atoms. The molecule has 27 heavy (non-hydrogen) atoms. The van der Waals surface area contributed by atoms with Crippen LogP contribution < -0.4 is 4.74 Å². The van der Waals surface area contributed by atoms with Gasteiger partial charge in [0.05, 0.1) is 19.2 Å². The van der Waals surface area contributed by atoms with Gasteiger partial charge in [-0.05, 0) is 30.5 Å². The van der Waals surface area contributed by atoms with E-state index in [1.165, 1.54) is 4.90 Å². The second-order valence-corrected chi connectivity index (χ2v) is 6.68. The minimum Gasteiger partial charge on any atom is -0.496 e. The van der Waals surface area contributed by atoms with Crippen LogP contribution in [0.15, 0.2) is 54.5 Å². The van der Waals surface area contributed by atoms with Gasteiger partial charge in [-0.3, -0.25) is 19.5 Å². The van der Waals surface area contributed by atoms with Crippen LogP contribution in [0, 0.1) is 0 Å². The van der Waals surface area contributed by atoms with Crippen molar-refractivity contribution in [3.8, 4) is 5.75 Å². The fraction of sp³-hybridized carbons (Fsp3) is 0.286. The molecule has 138 valence electrons. The molecule has 6 heteroatoms. The van der Waals surface area contributed by atoms with E-state index in [4.69, 9.17) is 4.74 Å². The zero-order chi connectivity index (χ0) is 18.8. The van der Waals surface area contributed by atoms with Crippen LogP contribution in [0.5, 0.6) is 5.75 Å². The fourth-order valence-corrected chi connectivity index (χ4v) is 3.71. The summed E-state index contributed by atoms with van der Waals surface area (Å²) in [5.74, 6) is 0.0653. The van der Waals surface area contributed by atoms with E-state index >= 15 is 0 Å². The highest BCUT2D eigenvalue weighted by Gasteiger charge is 2.42. The van der Waals surface area contributed by atoms with Gasteiger partial charge in [-0.25, -0.2) is 0 Å². The SMILES string of the molecule is COc1ccccc1C1=C(N2CCCC2)C(=O)N(Cc2cccnc2)C1=O. The summed E-state index contributed by atoms with van der Waals surface area (Å²) in [6, 6.07) is 11.0. The second-order valence-electron chi connectivity index (χ2n) is 6.68. The molecule has 2 aliphatic rings. The predicted molar refractivity (Wildman–Crippen MR) is 101 cm³/mol. The van der Waals surface area contributed by atoms with Crippen LogP contribution >= 0.6 is 0 Å². The van der Waals surface area contributed by atoms with Crippen LogP contribution in [0.3, 0.4) is 0 Å². The third kappa shape index (κ3) is 3.07. The molecule has 0 spiro atoms. The summed E-state index contributed by atoms with van der Waals surface area (Å²) in [6.07, 6.45) is 5.39. The lowest BCUT2D eigenvalue weighted by Crippen LogP contribution is -2.34. The average Bonchev–Trinajstić information content (AvgIpc) is 3.31. The molecule has 2 aliphatic heterocycles. The molecule has 0 radical (unpaired) electrons. The molecule has 1 fully saturated rings. The lowest BCUT2D eigenvalue weighted by Gasteiger charge is -2.20. The Labute approximate surface area is 158 Å². The maximum absolute atomic E-state index is 13.3.